The van der Waals surface area contributed by atoms with Gasteiger partial charge in [0.1, 0.15) is 66.5 Å². The summed E-state index contributed by atoms with van der Waals surface area (Å²) >= 11 is 1.52. The molecule has 0 radical (unpaired) electrons. The van der Waals surface area contributed by atoms with Gasteiger partial charge in [-0.3, -0.25) is 67.3 Å². The average molecular weight is 1390 g/mol. The number of nitrogens with two attached hydrogens (primary N) is 5. The third-order valence-corrected chi connectivity index (χ3v) is 17.0. The highest BCUT2D eigenvalue weighted by molar-refractivity contribution is 7.98. The molecule has 2 saturated heterocycles. The van der Waals surface area contributed by atoms with Crippen LogP contribution in [0.5, 0.6) is 0 Å². The van der Waals surface area contributed by atoms with Gasteiger partial charge in [0.2, 0.25) is 76.8 Å². The molecule has 0 saturated carbocycles. The maximum absolute atomic E-state index is 14.5. The summed E-state index contributed by atoms with van der Waals surface area (Å²) in [7, 11) is 0. The van der Waals surface area contributed by atoms with E-state index >= 15 is 0 Å². The minimum absolute atomic E-state index is 0.000344. The zero-order valence-electron chi connectivity index (χ0n) is 55.8. The number of aliphatic hydroxyl groups excluding tert-OH is 1. The second kappa shape index (κ2) is 39.5. The van der Waals surface area contributed by atoms with E-state index in [1.807, 2.05) is 6.26 Å². The van der Waals surface area contributed by atoms with Gasteiger partial charge < -0.3 is 96.4 Å². The predicted molar refractivity (Wildman–Crippen MR) is 361 cm³/mol. The number of benzene rings is 2. The molecule has 12 atom stereocenters. The van der Waals surface area contributed by atoms with Crippen LogP contribution in [0.1, 0.15) is 102 Å². The van der Waals surface area contributed by atoms with Gasteiger partial charge in [-0.2, -0.15) is 11.8 Å². The van der Waals surface area contributed by atoms with Crippen LogP contribution in [0, 0.1) is 5.92 Å². The number of primary amides is 2. The van der Waals surface area contributed by atoms with Crippen LogP contribution in [0.3, 0.4) is 0 Å². The number of guanidine groups is 1. The van der Waals surface area contributed by atoms with Crippen molar-refractivity contribution in [2.75, 3.05) is 38.2 Å². The lowest BCUT2D eigenvalue weighted by Crippen LogP contribution is -2.61. The zero-order valence-corrected chi connectivity index (χ0v) is 56.6. The second-order valence-electron chi connectivity index (χ2n) is 24.7. The normalized spacial score (nSPS) is 17.3. The number of rotatable bonds is 39. The first-order chi connectivity index (χ1) is 46.6. The van der Waals surface area contributed by atoms with E-state index in [1.165, 1.54) is 47.9 Å². The number of carbonyl (C=O) groups excluding carboxylic acids is 13. The fourth-order valence-corrected chi connectivity index (χ4v) is 11.6. The van der Waals surface area contributed by atoms with Crippen molar-refractivity contribution in [3.05, 3.63) is 90.0 Å². The van der Waals surface area contributed by atoms with Gasteiger partial charge >= 0.3 is 0 Å². The Morgan fingerprint density at radius 2 is 1.06 bits per heavy atom. The number of likely N-dealkylation sites (tertiary alicyclic amines) is 2. The molecule has 5 rings (SSSR count). The number of aromatic amines is 1. The Hall–Kier alpha value is -9.70. The summed E-state index contributed by atoms with van der Waals surface area (Å²) in [5.74, 6) is -10.7. The van der Waals surface area contributed by atoms with E-state index in [4.69, 9.17) is 28.7 Å². The Labute approximate surface area is 572 Å². The highest BCUT2D eigenvalue weighted by atomic mass is 32.2. The molecule has 0 aliphatic carbocycles. The standard InChI is InChI=1S/C64H95N19O14S/c1-35(2)27-47(63(97)83-25-14-20-49(83)60(94)74-37(4)53(87)75-42(19-12-23-71-64(68)69)55(89)76-43(52(67)86)28-38-15-8-6-9-16-38)80-58(92)46(31-51(66)85)77-54(88)36(3)73-56(90)44(29-39-17-10-7-11-18-39)78-59(93)48(33-84)81-57(91)45(30-40-32-70-34-72-40)79-61(95)50-21-13-24-82(50)62(96)41(65)22-26-98-5/h6-11,15-18,32,34-37,41-50,84H,12-14,19-31,33,65H2,1-5H3,(H2,66,85)(H2,67,86)(H,70,72)(H,73,90)(H,74,94)(H,75,87)(H,76,89)(H,77,88)(H,78,93)(H,79,95)(H,80,92)(H,81,91)(H4,68,69,71)/t36-,37-,41-,42-,43-,44-,45-,46-,47-,48-,49-,50-/m0/s1. The molecule has 1 aromatic heterocycles. The number of carbonyl (C=O) groups is 13. The molecule has 2 fully saturated rings. The van der Waals surface area contributed by atoms with Gasteiger partial charge in [-0.15, -0.1) is 0 Å². The SMILES string of the molecule is CSCC[C@H](N)C(=O)N1CCC[C@H]1C(=O)N[C@@H](Cc1cnc[nH]1)C(=O)N[C@@H](CO)C(=O)N[C@@H](Cc1ccccc1)C(=O)N[C@@H](C)C(=O)N[C@@H](CC(N)=O)C(=O)N[C@@H](CC(C)C)C(=O)N1CCC[C@H]1C(=O)N[C@@H](C)C(=O)N[C@@H](CCCN=C(N)N)C(=O)N[C@@H](Cc1ccccc1)C(N)=O. The Morgan fingerprint density at radius 3 is 1.60 bits per heavy atom. The van der Waals surface area contributed by atoms with Crippen LogP contribution in [-0.2, 0) is 81.6 Å². The smallest absolute Gasteiger partial charge is 0.245 e. The number of hydrogen-bond acceptors (Lipinski definition) is 18. The van der Waals surface area contributed by atoms with E-state index in [0.717, 1.165) is 0 Å². The molecule has 98 heavy (non-hydrogen) atoms. The first kappa shape index (κ1) is 79.0. The van der Waals surface area contributed by atoms with Crippen LogP contribution in [0.15, 0.2) is 78.2 Å². The van der Waals surface area contributed by atoms with Crippen LogP contribution >= 0.6 is 11.8 Å². The lowest BCUT2D eigenvalue weighted by Gasteiger charge is -2.31. The van der Waals surface area contributed by atoms with Crippen molar-refractivity contribution in [3.63, 3.8) is 0 Å². The molecule has 536 valence electrons. The number of aromatic nitrogens is 2. The summed E-state index contributed by atoms with van der Waals surface area (Å²) in [6.45, 7) is 5.55. The van der Waals surface area contributed by atoms with E-state index in [0.29, 0.717) is 48.3 Å². The Morgan fingerprint density at radius 1 is 0.582 bits per heavy atom. The molecule has 0 spiro atoms. The van der Waals surface area contributed by atoms with Gasteiger partial charge in [0.05, 0.1) is 25.4 Å². The van der Waals surface area contributed by atoms with E-state index in [2.05, 4.69) is 62.8 Å². The largest absolute Gasteiger partial charge is 0.394 e. The number of nitrogens with zero attached hydrogens (tertiary/aromatic N) is 4. The van der Waals surface area contributed by atoms with Crippen LogP contribution in [0.2, 0.25) is 0 Å². The van der Waals surface area contributed by atoms with Crippen molar-refractivity contribution in [2.24, 2.45) is 39.6 Å². The van der Waals surface area contributed by atoms with Gasteiger partial charge in [0, 0.05) is 50.8 Å². The summed E-state index contributed by atoms with van der Waals surface area (Å²) in [5.41, 5.74) is 30.0. The molecule has 34 heteroatoms. The molecular weight excluding hydrogens is 1290 g/mol. The third kappa shape index (κ3) is 25.1. The van der Waals surface area contributed by atoms with Crippen molar-refractivity contribution >= 4 is 94.5 Å². The van der Waals surface area contributed by atoms with Crippen LogP contribution < -0.4 is 76.5 Å². The van der Waals surface area contributed by atoms with E-state index in [1.54, 1.807) is 74.5 Å². The second-order valence-corrected chi connectivity index (χ2v) is 25.6. The Kier molecular flexibility index (Phi) is 31.8. The van der Waals surface area contributed by atoms with Gasteiger partial charge in [0.15, 0.2) is 5.96 Å². The molecule has 3 aromatic rings. The average Bonchev–Trinajstić information content (AvgIpc) is 2.15. The van der Waals surface area contributed by atoms with Crippen molar-refractivity contribution in [2.45, 2.75) is 177 Å². The fourth-order valence-electron chi connectivity index (χ4n) is 11.1. The van der Waals surface area contributed by atoms with Crippen molar-refractivity contribution in [1.82, 2.24) is 67.6 Å². The van der Waals surface area contributed by atoms with Crippen LogP contribution in [-0.4, -0.2) is 218 Å². The van der Waals surface area contributed by atoms with E-state index in [9.17, 15) is 67.4 Å². The summed E-state index contributed by atoms with van der Waals surface area (Å²) in [4.78, 5) is 192. The highest BCUT2D eigenvalue weighted by Gasteiger charge is 2.42. The monoisotopic (exact) mass is 1390 g/mol. The summed E-state index contributed by atoms with van der Waals surface area (Å²) in [5, 5.41) is 33.6. The molecule has 0 unspecified atom stereocenters. The maximum Gasteiger partial charge on any atom is 0.245 e. The fraction of sp³-hybridized carbons (Fsp3) is 0.547. The first-order valence-corrected chi connectivity index (χ1v) is 33.9. The van der Waals surface area contributed by atoms with Gasteiger partial charge in [-0.25, -0.2) is 4.98 Å². The number of imidazole rings is 1. The lowest BCUT2D eigenvalue weighted by molar-refractivity contribution is -0.143. The predicted octanol–water partition coefficient (Wildman–Crippen LogP) is -4.64. The molecule has 0 bridgehead atoms. The van der Waals surface area contributed by atoms with Gasteiger partial charge in [-0.05, 0) is 94.3 Å². The molecule has 2 aromatic carbocycles. The lowest BCUT2D eigenvalue weighted by atomic mass is 10.0. The Balaban J connectivity index is 1.25. The molecule has 2 aliphatic heterocycles. The van der Waals surface area contributed by atoms with Crippen LogP contribution in [0.25, 0.3) is 0 Å². The quantitative estimate of drug-likeness (QED) is 0.0145. The summed E-state index contributed by atoms with van der Waals surface area (Å²) in [6.07, 6.45) is 5.45. The topological polar surface area (TPSA) is 528 Å². The number of thioether (sulfide) groups is 1. The number of aliphatic hydroxyl groups is 1. The zero-order chi connectivity index (χ0) is 72.2. The van der Waals surface area contributed by atoms with E-state index in [-0.39, 0.29) is 76.5 Å². The molecule has 3 heterocycles. The minimum atomic E-state index is -1.73. The number of nitrogens with one attached hydrogen (secondary N) is 10. The first-order valence-electron chi connectivity index (χ1n) is 32.5. The third-order valence-electron chi connectivity index (χ3n) is 16.4. The number of H-pyrrole nitrogens is 1. The van der Waals surface area contributed by atoms with Crippen molar-refractivity contribution in [3.8, 4) is 0 Å². The number of amides is 13. The molecule has 2 aliphatic rings. The number of hydrogen-bond donors (Lipinski definition) is 16. The van der Waals surface area contributed by atoms with E-state index < -0.39 is 162 Å². The summed E-state index contributed by atoms with van der Waals surface area (Å²) in [6, 6.07) is 1.33. The van der Waals surface area contributed by atoms with Gasteiger partial charge in [-0.1, -0.05) is 74.5 Å². The summed E-state index contributed by atoms with van der Waals surface area (Å²) < 4.78 is 0. The molecule has 21 N–H and O–H groups in total. The van der Waals surface area contributed by atoms with Crippen LogP contribution in [0.4, 0.5) is 0 Å². The Bertz CT molecular complexity index is 3250. The molecular formula is C64H95N19O14S. The minimum Gasteiger partial charge on any atom is -0.394 e. The highest BCUT2D eigenvalue weighted by Crippen LogP contribution is 2.23. The van der Waals surface area contributed by atoms with Crippen molar-refractivity contribution in [1.29, 1.82) is 0 Å². The van der Waals surface area contributed by atoms with Gasteiger partial charge in [0.25, 0.3) is 0 Å². The molecule has 13 amide bonds. The maximum atomic E-state index is 14.5. The number of aliphatic imine (C=N–C) groups is 1. The van der Waals surface area contributed by atoms with Crippen molar-refractivity contribution < 1.29 is 67.4 Å². The molecule has 33 nitrogen and oxygen atoms in total.